The van der Waals surface area contributed by atoms with Gasteiger partial charge in [-0.15, -0.1) is 0 Å². The Morgan fingerprint density at radius 2 is 1.43 bits per heavy atom. The van der Waals surface area contributed by atoms with E-state index in [-0.39, 0.29) is 5.91 Å². The van der Waals surface area contributed by atoms with Crippen molar-refractivity contribution in [2.45, 2.75) is 45.4 Å². The molecule has 0 aliphatic heterocycles. The molecule has 0 aliphatic carbocycles. The molecule has 0 saturated carbocycles. The second-order valence-electron chi connectivity index (χ2n) is 7.16. The quantitative estimate of drug-likeness (QED) is 0.391. The maximum absolute atomic E-state index is 12.5. The third kappa shape index (κ3) is 8.07. The Hall–Kier alpha value is -3.15. The maximum atomic E-state index is 12.5. The van der Waals surface area contributed by atoms with Crippen molar-refractivity contribution >= 4 is 23.4 Å². The smallest absolute Gasteiger partial charge is 0.313 e. The molecule has 0 atom stereocenters. The number of nitrogens with one attached hydrogen (secondary N) is 3. The Bertz CT molecular complexity index is 821. The van der Waals surface area contributed by atoms with Crippen molar-refractivity contribution in [1.82, 2.24) is 10.6 Å². The maximum Gasteiger partial charge on any atom is 0.313 e. The third-order valence-electron chi connectivity index (χ3n) is 4.73. The summed E-state index contributed by atoms with van der Waals surface area (Å²) in [6.45, 7) is 3.09. The van der Waals surface area contributed by atoms with Crippen LogP contribution in [0.5, 0.6) is 0 Å². The second-order valence-corrected chi connectivity index (χ2v) is 7.16. The Morgan fingerprint density at radius 3 is 2.20 bits per heavy atom. The molecule has 0 spiro atoms. The molecule has 3 amide bonds. The van der Waals surface area contributed by atoms with Gasteiger partial charge in [0.05, 0.1) is 11.3 Å². The van der Waals surface area contributed by atoms with Gasteiger partial charge in [-0.3, -0.25) is 14.4 Å². The highest BCUT2D eigenvalue weighted by Gasteiger charge is 2.17. The fraction of sp³-hybridized carbons (Fsp3) is 0.375. The fourth-order valence-corrected chi connectivity index (χ4v) is 3.04. The van der Waals surface area contributed by atoms with Crippen molar-refractivity contribution in [2.24, 2.45) is 0 Å². The molecule has 0 aromatic heterocycles. The predicted octanol–water partition coefficient (Wildman–Crippen LogP) is 3.68. The molecule has 2 aromatic rings. The largest absolute Gasteiger partial charge is 0.352 e. The van der Waals surface area contributed by atoms with E-state index in [0.717, 1.165) is 31.2 Å². The summed E-state index contributed by atoms with van der Waals surface area (Å²) in [7, 11) is 0. The van der Waals surface area contributed by atoms with Crippen LogP contribution < -0.4 is 16.0 Å². The van der Waals surface area contributed by atoms with Crippen LogP contribution in [0.15, 0.2) is 54.6 Å². The summed E-state index contributed by atoms with van der Waals surface area (Å²) in [5.41, 5.74) is 1.77. The van der Waals surface area contributed by atoms with Crippen LogP contribution in [0, 0.1) is 0 Å². The molecule has 0 radical (unpaired) electrons. The van der Waals surface area contributed by atoms with Crippen LogP contribution in [0.3, 0.4) is 0 Å². The van der Waals surface area contributed by atoms with Gasteiger partial charge in [0.15, 0.2) is 0 Å². The van der Waals surface area contributed by atoms with Gasteiger partial charge in [-0.2, -0.15) is 0 Å². The van der Waals surface area contributed by atoms with Crippen LogP contribution in [0.1, 0.15) is 54.9 Å². The van der Waals surface area contributed by atoms with Gasteiger partial charge in [-0.25, -0.2) is 0 Å². The fourth-order valence-electron chi connectivity index (χ4n) is 3.04. The number of carbonyl (C=O) groups is 3. The Labute approximate surface area is 178 Å². The van der Waals surface area contributed by atoms with Gasteiger partial charge >= 0.3 is 11.8 Å². The lowest BCUT2D eigenvalue weighted by Crippen LogP contribution is -2.36. The molecule has 6 heteroatoms. The van der Waals surface area contributed by atoms with Gasteiger partial charge in [-0.1, -0.05) is 75.1 Å². The van der Waals surface area contributed by atoms with Crippen LogP contribution in [-0.2, 0) is 16.0 Å². The Morgan fingerprint density at radius 1 is 0.733 bits per heavy atom. The molecule has 0 aliphatic rings. The number of carbonyl (C=O) groups excluding carboxylic acids is 3. The van der Waals surface area contributed by atoms with Crippen molar-refractivity contribution in [3.63, 3.8) is 0 Å². The lowest BCUT2D eigenvalue weighted by Gasteiger charge is -2.11. The number of para-hydroxylation sites is 1. The first-order valence-electron chi connectivity index (χ1n) is 10.6. The van der Waals surface area contributed by atoms with E-state index in [2.05, 4.69) is 22.9 Å². The highest BCUT2D eigenvalue weighted by Crippen LogP contribution is 2.15. The van der Waals surface area contributed by atoms with Crippen molar-refractivity contribution < 1.29 is 14.4 Å². The summed E-state index contributed by atoms with van der Waals surface area (Å²) >= 11 is 0. The summed E-state index contributed by atoms with van der Waals surface area (Å²) < 4.78 is 0. The molecule has 6 nitrogen and oxygen atoms in total. The zero-order chi connectivity index (χ0) is 21.6. The van der Waals surface area contributed by atoms with Crippen LogP contribution in [-0.4, -0.2) is 30.8 Å². The molecule has 0 saturated heterocycles. The summed E-state index contributed by atoms with van der Waals surface area (Å²) in [5.74, 6) is -1.75. The summed E-state index contributed by atoms with van der Waals surface area (Å²) in [6.07, 6.45) is 6.06. The zero-order valence-corrected chi connectivity index (χ0v) is 17.6. The Balaban J connectivity index is 1.82. The molecule has 30 heavy (non-hydrogen) atoms. The minimum atomic E-state index is -0.770. The topological polar surface area (TPSA) is 87.3 Å². The van der Waals surface area contributed by atoms with Gasteiger partial charge in [0.1, 0.15) is 0 Å². The highest BCUT2D eigenvalue weighted by molar-refractivity contribution is 6.40. The lowest BCUT2D eigenvalue weighted by molar-refractivity contribution is -0.136. The first-order chi connectivity index (χ1) is 14.6. The molecule has 0 bridgehead atoms. The average molecular weight is 410 g/mol. The molecular weight excluding hydrogens is 378 g/mol. The van der Waals surface area contributed by atoms with Crippen molar-refractivity contribution in [1.29, 1.82) is 0 Å². The van der Waals surface area contributed by atoms with Crippen molar-refractivity contribution in [2.75, 3.05) is 18.4 Å². The number of rotatable bonds is 11. The predicted molar refractivity (Wildman–Crippen MR) is 119 cm³/mol. The standard InChI is InChI=1S/C24H31N3O3/c1-2-3-4-5-11-17-25-23(29)24(30)27-21-15-10-9-14-20(21)22(28)26-18-16-19-12-7-6-8-13-19/h6-10,12-15H,2-5,11,16-18H2,1H3,(H,25,29)(H,26,28)(H,27,30). The number of hydrogen-bond acceptors (Lipinski definition) is 3. The second kappa shape index (κ2) is 13.1. The summed E-state index contributed by atoms with van der Waals surface area (Å²) in [4.78, 5) is 36.8. The van der Waals surface area contributed by atoms with Gasteiger partial charge in [0.25, 0.3) is 5.91 Å². The number of unbranched alkanes of at least 4 members (excludes halogenated alkanes) is 4. The van der Waals surface area contributed by atoms with E-state index >= 15 is 0 Å². The molecule has 160 valence electrons. The van der Waals surface area contributed by atoms with E-state index in [9.17, 15) is 14.4 Å². The average Bonchev–Trinajstić information content (AvgIpc) is 2.77. The van der Waals surface area contributed by atoms with Gasteiger partial charge < -0.3 is 16.0 Å². The Kier molecular flexibility index (Phi) is 10.1. The van der Waals surface area contributed by atoms with Crippen LogP contribution in [0.25, 0.3) is 0 Å². The number of anilines is 1. The van der Waals surface area contributed by atoms with E-state index < -0.39 is 11.8 Å². The number of benzene rings is 2. The normalized spacial score (nSPS) is 10.3. The molecule has 2 aromatic carbocycles. The first kappa shape index (κ1) is 23.1. The SMILES string of the molecule is CCCCCCCNC(=O)C(=O)Nc1ccccc1C(=O)NCCc1ccccc1. The van der Waals surface area contributed by atoms with E-state index in [1.54, 1.807) is 24.3 Å². The van der Waals surface area contributed by atoms with Crippen LogP contribution in [0.4, 0.5) is 5.69 Å². The van der Waals surface area contributed by atoms with E-state index in [4.69, 9.17) is 0 Å². The van der Waals surface area contributed by atoms with Crippen LogP contribution >= 0.6 is 0 Å². The molecule has 3 N–H and O–H groups in total. The zero-order valence-electron chi connectivity index (χ0n) is 17.6. The van der Waals surface area contributed by atoms with Crippen molar-refractivity contribution in [3.8, 4) is 0 Å². The number of hydrogen-bond donors (Lipinski definition) is 3. The van der Waals surface area contributed by atoms with E-state index in [0.29, 0.717) is 30.8 Å². The van der Waals surface area contributed by atoms with Crippen molar-refractivity contribution in [3.05, 3.63) is 65.7 Å². The minimum absolute atomic E-state index is 0.293. The van der Waals surface area contributed by atoms with Gasteiger partial charge in [-0.05, 0) is 30.5 Å². The summed E-state index contributed by atoms with van der Waals surface area (Å²) in [6, 6.07) is 16.5. The molecule has 0 heterocycles. The number of amides is 3. The van der Waals surface area contributed by atoms with Crippen LogP contribution in [0.2, 0.25) is 0 Å². The minimum Gasteiger partial charge on any atom is -0.352 e. The van der Waals surface area contributed by atoms with Gasteiger partial charge in [0.2, 0.25) is 0 Å². The monoisotopic (exact) mass is 409 g/mol. The molecule has 0 fully saturated rings. The molecule has 2 rings (SSSR count). The summed E-state index contributed by atoms with van der Waals surface area (Å²) in [5, 5.41) is 8.04. The lowest BCUT2D eigenvalue weighted by atomic mass is 10.1. The molecular formula is C24H31N3O3. The van der Waals surface area contributed by atoms with Gasteiger partial charge in [0, 0.05) is 13.1 Å². The van der Waals surface area contributed by atoms with E-state index in [1.807, 2.05) is 30.3 Å². The molecule has 0 unspecified atom stereocenters. The highest BCUT2D eigenvalue weighted by atomic mass is 16.2. The first-order valence-corrected chi connectivity index (χ1v) is 10.6. The third-order valence-corrected chi connectivity index (χ3v) is 4.73. The van der Waals surface area contributed by atoms with E-state index in [1.165, 1.54) is 6.42 Å².